The Kier molecular flexibility index (Phi) is 8.14. The smallest absolute Gasteiger partial charge is 0.416 e. The lowest BCUT2D eigenvalue weighted by molar-refractivity contribution is -0.137. The minimum Gasteiger partial charge on any atom is -0.497 e. The van der Waals surface area contributed by atoms with E-state index in [9.17, 15) is 18.0 Å². The number of halogens is 3. The van der Waals surface area contributed by atoms with E-state index >= 15 is 0 Å². The van der Waals surface area contributed by atoms with E-state index in [1.165, 1.54) is 6.07 Å². The Morgan fingerprint density at radius 2 is 1.83 bits per heavy atom. The highest BCUT2D eigenvalue weighted by Crippen LogP contribution is 2.37. The van der Waals surface area contributed by atoms with Crippen LogP contribution in [-0.2, 0) is 23.8 Å². The summed E-state index contributed by atoms with van der Waals surface area (Å²) in [5, 5.41) is 4.61. The van der Waals surface area contributed by atoms with Crippen molar-refractivity contribution in [3.05, 3.63) is 65.5 Å². The molecule has 8 nitrogen and oxygen atoms in total. The first kappa shape index (κ1) is 28.4. The topological polar surface area (TPSA) is 84.6 Å². The third kappa shape index (κ3) is 6.44. The van der Waals surface area contributed by atoms with Gasteiger partial charge in [-0.1, -0.05) is 43.3 Å². The van der Waals surface area contributed by atoms with Crippen molar-refractivity contribution >= 4 is 22.8 Å². The lowest BCUT2D eigenvalue weighted by Crippen LogP contribution is -2.36. The molecule has 1 aliphatic rings. The zero-order chi connectivity index (χ0) is 29.1. The van der Waals surface area contributed by atoms with Crippen LogP contribution in [0.5, 0.6) is 5.75 Å². The van der Waals surface area contributed by atoms with Crippen LogP contribution in [0.25, 0.3) is 22.4 Å². The number of carbonyl (C=O) groups is 1. The number of hydrogen-bond acceptors (Lipinski definition) is 7. The number of rotatable bonds is 7. The minimum absolute atomic E-state index is 0.0278. The van der Waals surface area contributed by atoms with E-state index in [2.05, 4.69) is 28.9 Å². The second kappa shape index (κ2) is 11.8. The van der Waals surface area contributed by atoms with Gasteiger partial charge in [0.1, 0.15) is 28.5 Å². The zero-order valence-electron chi connectivity index (χ0n) is 23.2. The van der Waals surface area contributed by atoms with Gasteiger partial charge >= 0.3 is 6.18 Å². The molecule has 2 aromatic carbocycles. The first-order chi connectivity index (χ1) is 19.6. The fourth-order valence-electron chi connectivity index (χ4n) is 5.01. The summed E-state index contributed by atoms with van der Waals surface area (Å²) in [5.41, 5.74) is 0.892. The van der Waals surface area contributed by atoms with Crippen LogP contribution in [0.15, 0.2) is 53.1 Å². The average Bonchev–Trinajstić information content (AvgIpc) is 3.21. The Morgan fingerprint density at radius 3 is 2.54 bits per heavy atom. The monoisotopic (exact) mass is 567 g/mol. The molecular formula is C30H32F3N5O3. The molecule has 1 fully saturated rings. The van der Waals surface area contributed by atoms with Crippen LogP contribution in [0.4, 0.5) is 19.0 Å². The van der Waals surface area contributed by atoms with Gasteiger partial charge in [-0.2, -0.15) is 18.2 Å². The summed E-state index contributed by atoms with van der Waals surface area (Å²) in [4.78, 5) is 26.5. The van der Waals surface area contributed by atoms with Crippen molar-refractivity contribution in [1.82, 2.24) is 20.0 Å². The van der Waals surface area contributed by atoms with Crippen molar-refractivity contribution < 1.29 is 27.2 Å². The van der Waals surface area contributed by atoms with Crippen LogP contribution < -0.4 is 9.64 Å². The number of aromatic nitrogens is 3. The van der Waals surface area contributed by atoms with Gasteiger partial charge in [-0.15, -0.1) is 0 Å². The van der Waals surface area contributed by atoms with Crippen LogP contribution in [0.1, 0.15) is 37.2 Å². The molecular weight excluding hydrogens is 535 g/mol. The number of benzene rings is 2. The van der Waals surface area contributed by atoms with Gasteiger partial charge in [-0.3, -0.25) is 4.79 Å². The number of alkyl halides is 3. The Hall–Kier alpha value is -4.15. The van der Waals surface area contributed by atoms with E-state index in [1.54, 1.807) is 13.2 Å². The largest absolute Gasteiger partial charge is 0.497 e. The van der Waals surface area contributed by atoms with Crippen molar-refractivity contribution in [2.24, 2.45) is 5.92 Å². The molecule has 4 aromatic rings. The maximum atomic E-state index is 13.5. The summed E-state index contributed by atoms with van der Waals surface area (Å²) in [6.07, 6.45) is -2.91. The van der Waals surface area contributed by atoms with Crippen molar-refractivity contribution in [2.75, 3.05) is 38.2 Å². The number of fused-ring (bicyclic) bond motifs is 1. The highest BCUT2D eigenvalue weighted by molar-refractivity contribution is 5.98. The Morgan fingerprint density at radius 1 is 1.05 bits per heavy atom. The normalized spacial score (nSPS) is 14.5. The predicted molar refractivity (Wildman–Crippen MR) is 149 cm³/mol. The van der Waals surface area contributed by atoms with Gasteiger partial charge in [-0.05, 0) is 42.2 Å². The van der Waals surface area contributed by atoms with Crippen LogP contribution in [0.2, 0.25) is 0 Å². The van der Waals surface area contributed by atoms with E-state index in [0.29, 0.717) is 56.0 Å². The molecule has 0 bridgehead atoms. The van der Waals surface area contributed by atoms with Gasteiger partial charge in [0.05, 0.1) is 19.1 Å². The molecule has 3 heterocycles. The molecule has 216 valence electrons. The molecule has 0 radical (unpaired) electrons. The summed E-state index contributed by atoms with van der Waals surface area (Å²) in [5.74, 6) is 2.17. The second-order valence-electron chi connectivity index (χ2n) is 10.6. The summed E-state index contributed by atoms with van der Waals surface area (Å²) in [7, 11) is 1.60. The fraction of sp³-hybridized carbons (Fsp3) is 0.400. The van der Waals surface area contributed by atoms with Gasteiger partial charge in [0.2, 0.25) is 5.91 Å². The van der Waals surface area contributed by atoms with Crippen LogP contribution in [0, 0.1) is 5.92 Å². The number of ether oxygens (including phenoxy) is 1. The van der Waals surface area contributed by atoms with Gasteiger partial charge in [0, 0.05) is 38.2 Å². The summed E-state index contributed by atoms with van der Waals surface area (Å²) in [6.45, 7) is 6.27. The third-order valence-electron chi connectivity index (χ3n) is 7.08. The number of hydrogen-bond donors (Lipinski definition) is 0. The second-order valence-corrected chi connectivity index (χ2v) is 10.6. The van der Waals surface area contributed by atoms with Crippen molar-refractivity contribution in [1.29, 1.82) is 0 Å². The van der Waals surface area contributed by atoms with Crippen molar-refractivity contribution in [3.8, 4) is 17.0 Å². The first-order valence-corrected chi connectivity index (χ1v) is 13.6. The van der Waals surface area contributed by atoms with Gasteiger partial charge in [-0.25, -0.2) is 4.98 Å². The lowest BCUT2D eigenvalue weighted by Gasteiger charge is -2.24. The summed E-state index contributed by atoms with van der Waals surface area (Å²) >= 11 is 0. The minimum atomic E-state index is -4.49. The molecule has 0 N–H and O–H groups in total. The number of carbonyl (C=O) groups excluding carboxylic acids is 1. The highest BCUT2D eigenvalue weighted by atomic mass is 19.4. The molecule has 0 aliphatic carbocycles. The molecule has 0 saturated carbocycles. The Bertz CT molecular complexity index is 1520. The van der Waals surface area contributed by atoms with Gasteiger partial charge in [0.15, 0.2) is 0 Å². The molecule has 0 spiro atoms. The van der Waals surface area contributed by atoms with E-state index in [1.807, 2.05) is 29.2 Å². The SMILES string of the molecule is COc1ccc(CC(=O)N2CCCN(c3nc(CC(C)C)nc4onc(-c5cccc(C(F)(F)F)c5)c34)CC2)cc1. The van der Waals surface area contributed by atoms with Crippen LogP contribution in [-0.4, -0.2) is 59.2 Å². The standard InChI is InChI=1S/C30H32F3N5O3/c1-19(2)16-24-34-28(26-27(36-41-29(26)35-24)21-6-4-7-22(18-21)30(31,32)33)38-13-5-12-37(14-15-38)25(39)17-20-8-10-23(40-3)11-9-20/h4,6-11,18-19H,5,12-17H2,1-3H3. The lowest BCUT2D eigenvalue weighted by atomic mass is 10.1. The quantitative estimate of drug-likeness (QED) is 0.279. The molecule has 0 atom stereocenters. The molecule has 2 aromatic heterocycles. The van der Waals surface area contributed by atoms with Gasteiger partial charge < -0.3 is 19.1 Å². The Labute approximate surface area is 236 Å². The zero-order valence-corrected chi connectivity index (χ0v) is 23.2. The highest BCUT2D eigenvalue weighted by Gasteiger charge is 2.32. The molecule has 41 heavy (non-hydrogen) atoms. The summed E-state index contributed by atoms with van der Waals surface area (Å²) < 4.78 is 51.2. The third-order valence-corrected chi connectivity index (χ3v) is 7.08. The molecule has 0 unspecified atom stereocenters. The molecule has 1 amide bonds. The number of nitrogens with zero attached hydrogens (tertiary/aromatic N) is 5. The molecule has 5 rings (SSSR count). The van der Waals surface area contributed by atoms with E-state index in [0.717, 1.165) is 23.4 Å². The fourth-order valence-corrected chi connectivity index (χ4v) is 5.01. The molecule has 1 saturated heterocycles. The van der Waals surface area contributed by atoms with Crippen LogP contribution >= 0.6 is 0 Å². The number of methoxy groups -OCH3 is 1. The van der Waals surface area contributed by atoms with Crippen molar-refractivity contribution in [3.63, 3.8) is 0 Å². The maximum Gasteiger partial charge on any atom is 0.416 e. The van der Waals surface area contributed by atoms with Gasteiger partial charge in [0.25, 0.3) is 5.71 Å². The number of amides is 1. The number of anilines is 1. The van der Waals surface area contributed by atoms with E-state index in [-0.39, 0.29) is 35.2 Å². The van der Waals surface area contributed by atoms with E-state index in [4.69, 9.17) is 14.2 Å². The summed E-state index contributed by atoms with van der Waals surface area (Å²) in [6, 6.07) is 12.4. The Balaban J connectivity index is 1.45. The average molecular weight is 568 g/mol. The van der Waals surface area contributed by atoms with Crippen LogP contribution in [0.3, 0.4) is 0 Å². The van der Waals surface area contributed by atoms with E-state index < -0.39 is 11.7 Å². The maximum absolute atomic E-state index is 13.5. The molecule has 1 aliphatic heterocycles. The molecule has 11 heteroatoms. The first-order valence-electron chi connectivity index (χ1n) is 13.6. The van der Waals surface area contributed by atoms with Crippen molar-refractivity contribution in [2.45, 2.75) is 39.3 Å². The predicted octanol–water partition coefficient (Wildman–Crippen LogP) is 5.79.